The number of hydrogen-bond donors (Lipinski definition) is 2. The number of rotatable bonds is 4. The monoisotopic (exact) mass is 372 g/mol. The Bertz CT molecular complexity index is 903. The van der Waals surface area contributed by atoms with Crippen molar-refractivity contribution >= 4 is 33.8 Å². The van der Waals surface area contributed by atoms with Crippen molar-refractivity contribution < 1.29 is 4.74 Å². The summed E-state index contributed by atoms with van der Waals surface area (Å²) in [4.78, 5) is 18.1. The molecule has 0 unspecified atom stereocenters. The van der Waals surface area contributed by atoms with Gasteiger partial charge in [-0.2, -0.15) is 0 Å². The molecule has 1 aliphatic rings. The van der Waals surface area contributed by atoms with E-state index in [0.29, 0.717) is 5.88 Å². The predicted octanol–water partition coefficient (Wildman–Crippen LogP) is 3.10. The van der Waals surface area contributed by atoms with Gasteiger partial charge in [0.2, 0.25) is 5.88 Å². The van der Waals surface area contributed by atoms with Gasteiger partial charge in [-0.3, -0.25) is 4.99 Å². The Hall–Kier alpha value is -2.52. The number of aliphatic imine (C=N–C) groups is 1. The third kappa shape index (κ3) is 3.62. The van der Waals surface area contributed by atoms with Crippen LogP contribution in [0.25, 0.3) is 22.1 Å². The highest BCUT2D eigenvalue weighted by atomic mass is 32.1. The number of ether oxygens (including phenoxy) is 1. The Morgan fingerprint density at radius 1 is 1.08 bits per heavy atom. The zero-order chi connectivity index (χ0) is 17.1. The van der Waals surface area contributed by atoms with Gasteiger partial charge in [0.15, 0.2) is 11.1 Å². The molecule has 9 heteroatoms. The van der Waals surface area contributed by atoms with E-state index in [9.17, 15) is 0 Å². The highest BCUT2D eigenvalue weighted by Crippen LogP contribution is 2.30. The van der Waals surface area contributed by atoms with Crippen LogP contribution in [0, 0.1) is 0 Å². The van der Waals surface area contributed by atoms with Crippen LogP contribution in [0.2, 0.25) is 0 Å². The maximum atomic E-state index is 5.17. The van der Waals surface area contributed by atoms with Crippen LogP contribution in [0.15, 0.2) is 34.0 Å². The lowest BCUT2D eigenvalue weighted by molar-refractivity contribution is 0.398. The normalized spacial score (nSPS) is 13.9. The van der Waals surface area contributed by atoms with E-state index in [-0.39, 0.29) is 0 Å². The van der Waals surface area contributed by atoms with E-state index in [0.717, 1.165) is 52.7 Å². The summed E-state index contributed by atoms with van der Waals surface area (Å²) in [5.74, 6) is 1.36. The lowest BCUT2D eigenvalue weighted by Crippen LogP contribution is -2.35. The van der Waals surface area contributed by atoms with E-state index >= 15 is 0 Å². The first-order valence-electron chi connectivity index (χ1n) is 7.80. The third-order valence-corrected chi connectivity index (χ3v) is 5.17. The van der Waals surface area contributed by atoms with Gasteiger partial charge in [-0.1, -0.05) is 6.07 Å². The van der Waals surface area contributed by atoms with Crippen LogP contribution in [0.3, 0.4) is 0 Å². The molecular weight excluding hydrogens is 356 g/mol. The van der Waals surface area contributed by atoms with Gasteiger partial charge in [-0.25, -0.2) is 15.0 Å². The molecule has 0 spiro atoms. The average Bonchev–Trinajstić information content (AvgIpc) is 3.32. The van der Waals surface area contributed by atoms with Crippen molar-refractivity contribution in [2.75, 3.05) is 25.5 Å². The van der Waals surface area contributed by atoms with Crippen molar-refractivity contribution in [1.82, 2.24) is 20.3 Å². The van der Waals surface area contributed by atoms with Gasteiger partial charge in [-0.05, 0) is 12.5 Å². The standard InChI is InChI=1S/C16H16N6OS2/c1-23-13-5-2-4-10(19-13)14-20-11(8-24-14)12-9-25-16(21-12)22-15-17-6-3-7-18-15/h2,4-5,8-9H,3,6-7H2,1H3,(H2,17,18,21,22). The molecular formula is C16H16N6OS2. The number of anilines is 1. The lowest BCUT2D eigenvalue weighted by Gasteiger charge is -2.13. The van der Waals surface area contributed by atoms with Gasteiger partial charge in [0.05, 0.1) is 7.11 Å². The topological polar surface area (TPSA) is 84.3 Å². The number of nitrogens with zero attached hydrogens (tertiary/aromatic N) is 4. The van der Waals surface area contributed by atoms with E-state index in [2.05, 4.69) is 30.6 Å². The first kappa shape index (κ1) is 16.0. The summed E-state index contributed by atoms with van der Waals surface area (Å²) in [5.41, 5.74) is 2.48. The minimum Gasteiger partial charge on any atom is -0.481 e. The second-order valence-electron chi connectivity index (χ2n) is 5.28. The van der Waals surface area contributed by atoms with E-state index < -0.39 is 0 Å². The molecule has 1 aliphatic heterocycles. The van der Waals surface area contributed by atoms with Crippen molar-refractivity contribution in [3.8, 4) is 28.0 Å². The fraction of sp³-hybridized carbons (Fsp3) is 0.250. The Kier molecular flexibility index (Phi) is 4.57. The van der Waals surface area contributed by atoms with Crippen LogP contribution >= 0.6 is 22.7 Å². The molecule has 3 aromatic rings. The number of nitrogens with one attached hydrogen (secondary N) is 2. The van der Waals surface area contributed by atoms with Crippen LogP contribution in [0.4, 0.5) is 5.13 Å². The van der Waals surface area contributed by atoms with Crippen molar-refractivity contribution in [3.63, 3.8) is 0 Å². The molecule has 4 heterocycles. The van der Waals surface area contributed by atoms with Gasteiger partial charge >= 0.3 is 0 Å². The number of guanidine groups is 1. The van der Waals surface area contributed by atoms with E-state index in [1.165, 1.54) is 11.3 Å². The quantitative estimate of drug-likeness (QED) is 0.732. The highest BCUT2D eigenvalue weighted by molar-refractivity contribution is 7.14. The number of hydrogen-bond acceptors (Lipinski definition) is 9. The zero-order valence-electron chi connectivity index (χ0n) is 13.5. The molecule has 25 heavy (non-hydrogen) atoms. The van der Waals surface area contributed by atoms with Gasteiger partial charge in [0.25, 0.3) is 0 Å². The van der Waals surface area contributed by atoms with Gasteiger partial charge in [0, 0.05) is 29.9 Å². The second kappa shape index (κ2) is 7.16. The molecule has 0 aromatic carbocycles. The fourth-order valence-corrected chi connectivity index (χ4v) is 3.81. The van der Waals surface area contributed by atoms with E-state index in [1.807, 2.05) is 29.0 Å². The fourth-order valence-electron chi connectivity index (χ4n) is 2.32. The third-order valence-electron chi connectivity index (χ3n) is 3.55. The molecule has 0 bridgehead atoms. The molecule has 2 N–H and O–H groups in total. The summed E-state index contributed by atoms with van der Waals surface area (Å²) in [7, 11) is 1.61. The van der Waals surface area contributed by atoms with Crippen LogP contribution in [-0.4, -0.2) is 41.1 Å². The predicted molar refractivity (Wildman–Crippen MR) is 102 cm³/mol. The Balaban J connectivity index is 1.53. The number of thiazole rings is 2. The van der Waals surface area contributed by atoms with E-state index in [1.54, 1.807) is 18.4 Å². The van der Waals surface area contributed by atoms with Crippen molar-refractivity contribution in [1.29, 1.82) is 0 Å². The SMILES string of the molecule is COc1cccc(-c2nc(-c3csc(NC4=NCCCN4)n3)cs2)n1. The maximum Gasteiger partial charge on any atom is 0.213 e. The smallest absolute Gasteiger partial charge is 0.213 e. The number of pyridine rings is 1. The molecule has 0 aliphatic carbocycles. The largest absolute Gasteiger partial charge is 0.481 e. The minimum atomic E-state index is 0.579. The molecule has 4 rings (SSSR count). The summed E-state index contributed by atoms with van der Waals surface area (Å²) in [6.07, 6.45) is 1.06. The maximum absolute atomic E-state index is 5.17. The first-order valence-corrected chi connectivity index (χ1v) is 9.56. The molecule has 128 valence electrons. The van der Waals surface area contributed by atoms with Gasteiger partial charge in [0.1, 0.15) is 22.1 Å². The summed E-state index contributed by atoms with van der Waals surface area (Å²) < 4.78 is 5.17. The summed E-state index contributed by atoms with van der Waals surface area (Å²) >= 11 is 3.08. The summed E-state index contributed by atoms with van der Waals surface area (Å²) in [6, 6.07) is 5.65. The van der Waals surface area contributed by atoms with Crippen LogP contribution in [0.1, 0.15) is 6.42 Å². The number of aromatic nitrogens is 3. The van der Waals surface area contributed by atoms with Crippen LogP contribution in [0.5, 0.6) is 5.88 Å². The van der Waals surface area contributed by atoms with Crippen LogP contribution in [-0.2, 0) is 0 Å². The lowest BCUT2D eigenvalue weighted by atomic mass is 10.3. The molecule has 7 nitrogen and oxygen atoms in total. The summed E-state index contributed by atoms with van der Waals surface area (Å²) in [6.45, 7) is 1.78. The molecule has 0 fully saturated rings. The van der Waals surface area contributed by atoms with Gasteiger partial charge < -0.3 is 15.4 Å². The van der Waals surface area contributed by atoms with Crippen molar-refractivity contribution in [2.24, 2.45) is 4.99 Å². The first-order chi connectivity index (χ1) is 12.3. The second-order valence-corrected chi connectivity index (χ2v) is 6.99. The molecule has 3 aromatic heterocycles. The number of methoxy groups -OCH3 is 1. The molecule has 0 atom stereocenters. The van der Waals surface area contributed by atoms with Crippen LogP contribution < -0.4 is 15.4 Å². The Morgan fingerprint density at radius 3 is 2.80 bits per heavy atom. The van der Waals surface area contributed by atoms with E-state index in [4.69, 9.17) is 4.74 Å². The molecule has 0 radical (unpaired) electrons. The van der Waals surface area contributed by atoms with Crippen molar-refractivity contribution in [2.45, 2.75) is 6.42 Å². The Morgan fingerprint density at radius 2 is 1.96 bits per heavy atom. The van der Waals surface area contributed by atoms with Gasteiger partial charge in [-0.15, -0.1) is 22.7 Å². The minimum absolute atomic E-state index is 0.579. The molecule has 0 saturated heterocycles. The highest BCUT2D eigenvalue weighted by Gasteiger charge is 2.13. The van der Waals surface area contributed by atoms with Crippen molar-refractivity contribution in [3.05, 3.63) is 29.0 Å². The average molecular weight is 372 g/mol. The zero-order valence-corrected chi connectivity index (χ0v) is 15.2. The summed E-state index contributed by atoms with van der Waals surface area (Å²) in [5, 5.41) is 12.1. The molecule has 0 amide bonds. The Labute approximate surface area is 152 Å². The molecule has 0 saturated carbocycles.